The van der Waals surface area contributed by atoms with Crippen LogP contribution in [0.15, 0.2) is 22.4 Å². The molecule has 1 aliphatic carbocycles. The second kappa shape index (κ2) is 6.64. The molecule has 2 atom stereocenters. The van der Waals surface area contributed by atoms with E-state index in [4.69, 9.17) is 4.74 Å². The van der Waals surface area contributed by atoms with Gasteiger partial charge in [-0.25, -0.2) is 4.98 Å². The number of hydrogen-bond acceptors (Lipinski definition) is 7. The fraction of sp³-hybridized carbons (Fsp3) is 0.471. The van der Waals surface area contributed by atoms with Gasteiger partial charge in [0.05, 0.1) is 17.5 Å². The van der Waals surface area contributed by atoms with Crippen molar-refractivity contribution < 1.29 is 19.1 Å². The molecule has 2 aromatic rings. The quantitative estimate of drug-likeness (QED) is 0.583. The summed E-state index contributed by atoms with van der Waals surface area (Å²) in [5, 5.41) is 1.74. The molecule has 0 spiro atoms. The normalized spacial score (nSPS) is 22.7. The summed E-state index contributed by atoms with van der Waals surface area (Å²) in [6.07, 6.45) is 4.90. The van der Waals surface area contributed by atoms with Crippen LogP contribution in [0, 0.1) is 11.8 Å². The molecule has 136 valence electrons. The molecule has 4 rings (SSSR count). The highest BCUT2D eigenvalue weighted by Gasteiger charge is 2.48. The first kappa shape index (κ1) is 16.9. The molecule has 2 fully saturated rings. The van der Waals surface area contributed by atoms with E-state index in [0.29, 0.717) is 23.5 Å². The summed E-state index contributed by atoms with van der Waals surface area (Å²) in [5.74, 6) is -1.79. The molecule has 0 N–H and O–H groups in total. The molecule has 3 heterocycles. The van der Waals surface area contributed by atoms with Crippen molar-refractivity contribution in [1.29, 1.82) is 0 Å². The molecule has 2 unspecified atom stereocenters. The third-order valence-corrected chi connectivity index (χ3v) is 5.71. The molecular weight excluding hydrogens is 358 g/mol. The van der Waals surface area contributed by atoms with Crippen LogP contribution >= 0.6 is 11.3 Å². The largest absolute Gasteiger partial charge is 0.458 e. The van der Waals surface area contributed by atoms with Gasteiger partial charge >= 0.3 is 5.97 Å². The predicted octanol–water partition coefficient (Wildman–Crippen LogP) is 0.974. The van der Waals surface area contributed by atoms with Gasteiger partial charge in [-0.15, -0.1) is 11.3 Å². The zero-order valence-electron chi connectivity index (χ0n) is 13.9. The Kier molecular flexibility index (Phi) is 4.31. The van der Waals surface area contributed by atoms with Crippen molar-refractivity contribution in [1.82, 2.24) is 14.3 Å². The molecular formula is C17H17N3O5S. The smallest absolute Gasteiger partial charge is 0.326 e. The van der Waals surface area contributed by atoms with E-state index in [1.54, 1.807) is 11.6 Å². The van der Waals surface area contributed by atoms with Crippen LogP contribution < -0.4 is 5.56 Å². The number of esters is 1. The molecule has 1 saturated heterocycles. The monoisotopic (exact) mass is 375 g/mol. The standard InChI is InChI=1S/C17H17N3O5S/c21-13-7-10(18-17-19(13)5-6-26-17)9-25-14(22)8-20-15(23)11-3-1-2-4-12(11)16(20)24/h5-7,11-12H,1-4,8-9H2. The van der Waals surface area contributed by atoms with Gasteiger partial charge in [0, 0.05) is 17.6 Å². The van der Waals surface area contributed by atoms with Crippen molar-refractivity contribution >= 4 is 34.1 Å². The average Bonchev–Trinajstić information content (AvgIpc) is 3.20. The Bertz CT molecular complexity index is 925. The van der Waals surface area contributed by atoms with E-state index >= 15 is 0 Å². The van der Waals surface area contributed by atoms with Gasteiger partial charge in [0.25, 0.3) is 5.56 Å². The van der Waals surface area contributed by atoms with Crippen LogP contribution in [0.1, 0.15) is 31.4 Å². The SMILES string of the molecule is O=C(CN1C(=O)C2CCCCC2C1=O)OCc1cc(=O)n2ccsc2n1. The number of thiazole rings is 1. The number of amides is 2. The lowest BCUT2D eigenvalue weighted by Gasteiger charge is -2.19. The Morgan fingerprint density at radius 2 is 1.88 bits per heavy atom. The van der Waals surface area contributed by atoms with Crippen molar-refractivity contribution in [2.24, 2.45) is 11.8 Å². The number of carbonyl (C=O) groups excluding carboxylic acids is 3. The van der Waals surface area contributed by atoms with Gasteiger partial charge in [0.15, 0.2) is 4.96 Å². The summed E-state index contributed by atoms with van der Waals surface area (Å²) in [6, 6.07) is 1.30. The van der Waals surface area contributed by atoms with Gasteiger partial charge in [-0.3, -0.25) is 28.5 Å². The van der Waals surface area contributed by atoms with E-state index in [9.17, 15) is 19.2 Å². The van der Waals surface area contributed by atoms with Crippen molar-refractivity contribution in [3.63, 3.8) is 0 Å². The first-order valence-electron chi connectivity index (χ1n) is 8.51. The van der Waals surface area contributed by atoms with Crippen LogP contribution in [0.2, 0.25) is 0 Å². The third-order valence-electron chi connectivity index (χ3n) is 4.96. The summed E-state index contributed by atoms with van der Waals surface area (Å²) in [6.45, 7) is -0.559. The number of imide groups is 1. The molecule has 0 radical (unpaired) electrons. The van der Waals surface area contributed by atoms with Gasteiger partial charge in [-0.1, -0.05) is 12.8 Å². The van der Waals surface area contributed by atoms with Crippen molar-refractivity contribution in [2.45, 2.75) is 32.3 Å². The van der Waals surface area contributed by atoms with Crippen LogP contribution in [0.25, 0.3) is 4.96 Å². The molecule has 26 heavy (non-hydrogen) atoms. The molecule has 2 aliphatic rings. The lowest BCUT2D eigenvalue weighted by Crippen LogP contribution is -2.36. The highest BCUT2D eigenvalue weighted by atomic mass is 32.1. The van der Waals surface area contributed by atoms with E-state index < -0.39 is 5.97 Å². The lowest BCUT2D eigenvalue weighted by molar-refractivity contribution is -0.153. The Morgan fingerprint density at radius 3 is 2.58 bits per heavy atom. The number of fused-ring (bicyclic) bond motifs is 2. The molecule has 1 saturated carbocycles. The lowest BCUT2D eigenvalue weighted by atomic mass is 9.81. The minimum Gasteiger partial charge on any atom is -0.458 e. The number of nitrogens with zero attached hydrogens (tertiary/aromatic N) is 3. The predicted molar refractivity (Wildman–Crippen MR) is 91.3 cm³/mol. The van der Waals surface area contributed by atoms with Gasteiger partial charge in [0.2, 0.25) is 11.8 Å². The molecule has 1 aliphatic heterocycles. The molecule has 2 aromatic heterocycles. The van der Waals surface area contributed by atoms with Gasteiger partial charge in [-0.2, -0.15) is 0 Å². The fourth-order valence-corrected chi connectivity index (χ4v) is 4.42. The maximum Gasteiger partial charge on any atom is 0.326 e. The van der Waals surface area contributed by atoms with Crippen molar-refractivity contribution in [3.05, 3.63) is 33.7 Å². The van der Waals surface area contributed by atoms with Gasteiger partial charge in [0.1, 0.15) is 13.2 Å². The Labute approximate surface area is 152 Å². The van der Waals surface area contributed by atoms with Crippen LogP contribution in [0.5, 0.6) is 0 Å². The van der Waals surface area contributed by atoms with E-state index in [-0.39, 0.29) is 42.4 Å². The minimum absolute atomic E-state index is 0.175. The molecule has 9 heteroatoms. The zero-order valence-corrected chi connectivity index (χ0v) is 14.7. The third kappa shape index (κ3) is 2.92. The topological polar surface area (TPSA) is 98.0 Å². The summed E-state index contributed by atoms with van der Waals surface area (Å²) < 4.78 is 6.53. The second-order valence-corrected chi connectivity index (χ2v) is 7.44. The second-order valence-electron chi connectivity index (χ2n) is 6.56. The Morgan fingerprint density at radius 1 is 1.19 bits per heavy atom. The summed E-state index contributed by atoms with van der Waals surface area (Å²) in [7, 11) is 0. The maximum atomic E-state index is 12.4. The number of ether oxygens (including phenoxy) is 1. The number of rotatable bonds is 4. The van der Waals surface area contributed by atoms with Crippen LogP contribution in [0.4, 0.5) is 0 Å². The molecule has 2 amide bonds. The average molecular weight is 375 g/mol. The summed E-state index contributed by atoms with van der Waals surface area (Å²) >= 11 is 1.30. The summed E-state index contributed by atoms with van der Waals surface area (Å²) in [5.41, 5.74) is 0.0785. The molecule has 0 aromatic carbocycles. The van der Waals surface area contributed by atoms with Crippen LogP contribution in [-0.2, 0) is 25.7 Å². The zero-order chi connectivity index (χ0) is 18.3. The van der Waals surface area contributed by atoms with Crippen LogP contribution in [0.3, 0.4) is 0 Å². The number of aromatic nitrogens is 2. The maximum absolute atomic E-state index is 12.4. The van der Waals surface area contributed by atoms with Crippen molar-refractivity contribution in [2.75, 3.05) is 6.54 Å². The number of carbonyl (C=O) groups is 3. The van der Waals surface area contributed by atoms with E-state index in [1.807, 2.05) is 0 Å². The van der Waals surface area contributed by atoms with E-state index in [2.05, 4.69) is 4.98 Å². The molecule has 8 nitrogen and oxygen atoms in total. The molecule has 0 bridgehead atoms. The van der Waals surface area contributed by atoms with E-state index in [1.165, 1.54) is 21.8 Å². The first-order valence-corrected chi connectivity index (χ1v) is 9.39. The minimum atomic E-state index is -0.682. The van der Waals surface area contributed by atoms with E-state index in [0.717, 1.165) is 17.7 Å². The first-order chi connectivity index (χ1) is 12.5. The van der Waals surface area contributed by atoms with Gasteiger partial charge < -0.3 is 4.74 Å². The van der Waals surface area contributed by atoms with Crippen molar-refractivity contribution in [3.8, 4) is 0 Å². The number of hydrogen-bond donors (Lipinski definition) is 0. The Hall–Kier alpha value is -2.55. The Balaban J connectivity index is 1.40. The highest BCUT2D eigenvalue weighted by Crippen LogP contribution is 2.37. The van der Waals surface area contributed by atoms with Gasteiger partial charge in [-0.05, 0) is 12.8 Å². The van der Waals surface area contributed by atoms with Crippen LogP contribution in [-0.4, -0.2) is 38.6 Å². The highest BCUT2D eigenvalue weighted by molar-refractivity contribution is 7.15. The fourth-order valence-electron chi connectivity index (χ4n) is 3.68. The number of likely N-dealkylation sites (tertiary alicyclic amines) is 1. The summed E-state index contributed by atoms with van der Waals surface area (Å²) in [4.78, 5) is 54.5.